The second-order valence-corrected chi connectivity index (χ2v) is 4.16. The summed E-state index contributed by atoms with van der Waals surface area (Å²) in [6, 6.07) is 3.96. The van der Waals surface area contributed by atoms with Crippen molar-refractivity contribution in [3.05, 3.63) is 44.7 Å². The van der Waals surface area contributed by atoms with E-state index in [0.717, 1.165) is 0 Å². The number of H-pyrrole nitrogens is 1. The van der Waals surface area contributed by atoms with Gasteiger partial charge in [-0.25, -0.2) is 5.10 Å². The van der Waals surface area contributed by atoms with Crippen LogP contribution in [0.1, 0.15) is 10.4 Å². The first kappa shape index (κ1) is 12.2. The minimum atomic E-state index is -0.573. The van der Waals surface area contributed by atoms with Crippen LogP contribution in [0.2, 0.25) is 0 Å². The van der Waals surface area contributed by atoms with Crippen molar-refractivity contribution in [1.29, 1.82) is 0 Å². The number of nitro groups is 1. The molecule has 1 aromatic carbocycles. The lowest BCUT2D eigenvalue weighted by atomic mass is 10.2. The maximum absolute atomic E-state index is 11.8. The number of nitrogens with one attached hydrogen (secondary N) is 2. The number of benzene rings is 1. The molecule has 2 rings (SSSR count). The number of carbonyl (C=O) groups excluding carboxylic acids is 1. The number of halogens is 1. The highest BCUT2D eigenvalue weighted by atomic mass is 79.9. The van der Waals surface area contributed by atoms with Gasteiger partial charge in [-0.05, 0) is 6.07 Å². The third-order valence-corrected chi connectivity index (χ3v) is 2.46. The Morgan fingerprint density at radius 3 is 2.83 bits per heavy atom. The van der Waals surface area contributed by atoms with E-state index >= 15 is 0 Å². The minimum Gasteiger partial charge on any atom is -0.291 e. The highest BCUT2D eigenvalue weighted by molar-refractivity contribution is 9.10. The molecule has 0 saturated carbocycles. The summed E-state index contributed by atoms with van der Waals surface area (Å²) in [6.07, 6.45) is 1.24. The monoisotopic (exact) mass is 311 g/mol. The number of aromatic nitrogens is 3. The standard InChI is InChI=1S/C9H6BrN5O3/c10-6-1-5(2-7(3-6)15(17)18)8(16)13-9-11-4-12-14-9/h1-4H,(H2,11,12,13,14,16). The van der Waals surface area contributed by atoms with Crippen LogP contribution in [0.3, 0.4) is 0 Å². The second-order valence-electron chi connectivity index (χ2n) is 3.24. The van der Waals surface area contributed by atoms with E-state index in [9.17, 15) is 14.9 Å². The van der Waals surface area contributed by atoms with Crippen molar-refractivity contribution in [2.75, 3.05) is 5.32 Å². The molecule has 92 valence electrons. The van der Waals surface area contributed by atoms with Crippen LogP contribution >= 0.6 is 15.9 Å². The van der Waals surface area contributed by atoms with Crippen LogP contribution < -0.4 is 5.32 Å². The summed E-state index contributed by atoms with van der Waals surface area (Å²) in [7, 11) is 0. The third kappa shape index (κ3) is 2.69. The molecule has 0 atom stereocenters. The molecule has 0 aliphatic carbocycles. The topological polar surface area (TPSA) is 114 Å². The van der Waals surface area contributed by atoms with Crippen molar-refractivity contribution in [3.63, 3.8) is 0 Å². The lowest BCUT2D eigenvalue weighted by Gasteiger charge is -2.02. The average molecular weight is 312 g/mol. The number of anilines is 1. The highest BCUT2D eigenvalue weighted by Gasteiger charge is 2.14. The summed E-state index contributed by atoms with van der Waals surface area (Å²) in [5.41, 5.74) is -0.0282. The molecule has 0 saturated heterocycles. The molecule has 0 unspecified atom stereocenters. The Kier molecular flexibility index (Phi) is 3.33. The highest BCUT2D eigenvalue weighted by Crippen LogP contribution is 2.21. The van der Waals surface area contributed by atoms with Crippen LogP contribution in [0.5, 0.6) is 0 Å². The number of carbonyl (C=O) groups is 1. The smallest absolute Gasteiger partial charge is 0.271 e. The Hall–Kier alpha value is -2.29. The fourth-order valence-corrected chi connectivity index (χ4v) is 1.74. The first-order chi connectivity index (χ1) is 8.56. The molecule has 8 nitrogen and oxygen atoms in total. The van der Waals surface area contributed by atoms with Gasteiger partial charge in [-0.2, -0.15) is 10.1 Å². The van der Waals surface area contributed by atoms with Crippen LogP contribution in [0.25, 0.3) is 0 Å². The van der Waals surface area contributed by atoms with Gasteiger partial charge in [0.2, 0.25) is 5.95 Å². The van der Waals surface area contributed by atoms with E-state index in [1.165, 1.54) is 24.5 Å². The molecule has 1 heterocycles. The first-order valence-electron chi connectivity index (χ1n) is 4.68. The number of amides is 1. The van der Waals surface area contributed by atoms with Crippen LogP contribution in [0.4, 0.5) is 11.6 Å². The molecular weight excluding hydrogens is 306 g/mol. The zero-order valence-corrected chi connectivity index (χ0v) is 10.3. The number of aromatic amines is 1. The van der Waals surface area contributed by atoms with Gasteiger partial charge in [-0.15, -0.1) is 0 Å². The lowest BCUT2D eigenvalue weighted by molar-refractivity contribution is -0.384. The molecule has 1 aromatic heterocycles. The molecule has 18 heavy (non-hydrogen) atoms. The van der Waals surface area contributed by atoms with E-state index < -0.39 is 10.8 Å². The van der Waals surface area contributed by atoms with Gasteiger partial charge in [0.15, 0.2) is 0 Å². The second kappa shape index (κ2) is 4.92. The third-order valence-electron chi connectivity index (χ3n) is 2.00. The average Bonchev–Trinajstić information content (AvgIpc) is 2.80. The van der Waals surface area contributed by atoms with Gasteiger partial charge >= 0.3 is 0 Å². The van der Waals surface area contributed by atoms with E-state index in [4.69, 9.17) is 0 Å². The van der Waals surface area contributed by atoms with Gasteiger partial charge in [0, 0.05) is 22.2 Å². The Bertz CT molecular complexity index is 598. The van der Waals surface area contributed by atoms with E-state index in [2.05, 4.69) is 36.4 Å². The molecule has 0 spiro atoms. The summed E-state index contributed by atoms with van der Waals surface area (Å²) < 4.78 is 0.444. The van der Waals surface area contributed by atoms with Gasteiger partial charge in [-0.3, -0.25) is 20.2 Å². The Morgan fingerprint density at radius 1 is 1.44 bits per heavy atom. The summed E-state index contributed by atoms with van der Waals surface area (Å²) in [5.74, 6) is -0.348. The number of nitro benzene ring substituents is 1. The van der Waals surface area contributed by atoms with Gasteiger partial charge in [0.05, 0.1) is 4.92 Å². The van der Waals surface area contributed by atoms with Crippen molar-refractivity contribution in [1.82, 2.24) is 15.2 Å². The minimum absolute atomic E-state index is 0.146. The normalized spacial score (nSPS) is 10.1. The zero-order chi connectivity index (χ0) is 13.1. The molecule has 9 heteroatoms. The predicted molar refractivity (Wildman–Crippen MR) is 65.1 cm³/mol. The van der Waals surface area contributed by atoms with Gasteiger partial charge in [0.25, 0.3) is 11.6 Å². The maximum atomic E-state index is 11.8. The molecule has 0 aliphatic rings. The number of hydrogen-bond donors (Lipinski definition) is 2. The largest absolute Gasteiger partial charge is 0.291 e. The van der Waals surface area contributed by atoms with Crippen molar-refractivity contribution >= 4 is 33.5 Å². The number of hydrogen-bond acceptors (Lipinski definition) is 5. The molecule has 1 amide bonds. The van der Waals surface area contributed by atoms with E-state index in [1.54, 1.807) is 0 Å². The fraction of sp³-hybridized carbons (Fsp3) is 0. The van der Waals surface area contributed by atoms with Crippen LogP contribution in [0, 0.1) is 10.1 Å². The predicted octanol–water partition coefficient (Wildman–Crippen LogP) is 1.73. The van der Waals surface area contributed by atoms with Gasteiger partial charge < -0.3 is 0 Å². The van der Waals surface area contributed by atoms with Crippen molar-refractivity contribution in [2.45, 2.75) is 0 Å². The van der Waals surface area contributed by atoms with E-state index in [-0.39, 0.29) is 17.2 Å². The Morgan fingerprint density at radius 2 is 2.22 bits per heavy atom. The maximum Gasteiger partial charge on any atom is 0.271 e. The number of non-ortho nitro benzene ring substituents is 1. The molecule has 0 fully saturated rings. The Labute approximate surface area is 109 Å². The molecule has 2 aromatic rings. The van der Waals surface area contributed by atoms with Crippen LogP contribution in [-0.4, -0.2) is 26.0 Å². The SMILES string of the molecule is O=C(Nc1ncn[nH]1)c1cc(Br)cc([N+](=O)[O-])c1. The summed E-state index contributed by atoms with van der Waals surface area (Å²) in [5, 5.41) is 19.1. The summed E-state index contributed by atoms with van der Waals surface area (Å²) in [4.78, 5) is 25.6. The fourth-order valence-electron chi connectivity index (χ4n) is 1.26. The van der Waals surface area contributed by atoms with Crippen molar-refractivity contribution in [2.24, 2.45) is 0 Å². The zero-order valence-electron chi connectivity index (χ0n) is 8.75. The summed E-state index contributed by atoms with van der Waals surface area (Å²) in [6.45, 7) is 0. The van der Waals surface area contributed by atoms with Crippen molar-refractivity contribution in [3.8, 4) is 0 Å². The lowest BCUT2D eigenvalue weighted by Crippen LogP contribution is -2.13. The van der Waals surface area contributed by atoms with Gasteiger partial charge in [-0.1, -0.05) is 15.9 Å². The molecular formula is C9H6BrN5O3. The van der Waals surface area contributed by atoms with Crippen LogP contribution in [0.15, 0.2) is 29.0 Å². The molecule has 2 N–H and O–H groups in total. The van der Waals surface area contributed by atoms with Crippen LogP contribution in [-0.2, 0) is 0 Å². The van der Waals surface area contributed by atoms with E-state index in [1.807, 2.05) is 0 Å². The van der Waals surface area contributed by atoms with Crippen molar-refractivity contribution < 1.29 is 9.72 Å². The molecule has 0 bridgehead atoms. The molecule has 0 aliphatic heterocycles. The first-order valence-corrected chi connectivity index (χ1v) is 5.47. The quantitative estimate of drug-likeness (QED) is 0.661. The Balaban J connectivity index is 2.27. The molecule has 0 radical (unpaired) electrons. The van der Waals surface area contributed by atoms with Gasteiger partial charge in [0.1, 0.15) is 6.33 Å². The van der Waals surface area contributed by atoms with E-state index in [0.29, 0.717) is 4.47 Å². The number of rotatable bonds is 3. The number of nitrogens with zero attached hydrogens (tertiary/aromatic N) is 3. The summed E-state index contributed by atoms with van der Waals surface area (Å²) >= 11 is 3.11.